The predicted molar refractivity (Wildman–Crippen MR) is 72.1 cm³/mol. The Morgan fingerprint density at radius 2 is 1.89 bits per heavy atom. The lowest BCUT2D eigenvalue weighted by atomic mass is 10.1. The van der Waals surface area contributed by atoms with Gasteiger partial charge in [-0.05, 0) is 12.1 Å². The van der Waals surface area contributed by atoms with Gasteiger partial charge in [0.2, 0.25) is 0 Å². The molecule has 0 aliphatic carbocycles. The van der Waals surface area contributed by atoms with E-state index in [9.17, 15) is 9.90 Å². The van der Waals surface area contributed by atoms with Gasteiger partial charge in [-0.3, -0.25) is 4.79 Å². The molecule has 0 spiro atoms. The van der Waals surface area contributed by atoms with Crippen molar-refractivity contribution >= 4 is 27.8 Å². The number of benzene rings is 2. The fourth-order valence-corrected chi connectivity index (χ4v) is 2.75. The molecule has 0 aliphatic heterocycles. The second-order valence-electron chi connectivity index (χ2n) is 3.88. The lowest BCUT2D eigenvalue weighted by Crippen LogP contribution is -1.80. The number of aldehydes is 1. The number of phenolic OH excluding ortho intramolecular Hbond substituents is 1. The van der Waals surface area contributed by atoms with Crippen molar-refractivity contribution in [2.24, 2.45) is 0 Å². The third kappa shape index (κ3) is 1.76. The molecule has 0 amide bonds. The van der Waals surface area contributed by atoms with Crippen LogP contribution in [0.15, 0.2) is 42.5 Å². The summed E-state index contributed by atoms with van der Waals surface area (Å²) in [4.78, 5) is 15.0. The predicted octanol–water partition coefficient (Wildman–Crippen LogP) is 3.48. The maximum atomic E-state index is 10.6. The molecule has 4 heteroatoms. The number of para-hydroxylation sites is 1. The number of aromatic hydroxyl groups is 1. The lowest BCUT2D eigenvalue weighted by molar-refractivity contribution is 0.112. The van der Waals surface area contributed by atoms with Crippen molar-refractivity contribution in [2.45, 2.75) is 0 Å². The maximum absolute atomic E-state index is 10.6. The Hall–Kier alpha value is -2.20. The van der Waals surface area contributed by atoms with Crippen molar-refractivity contribution < 1.29 is 9.90 Å². The third-order valence-corrected chi connectivity index (χ3v) is 3.76. The minimum atomic E-state index is 0.194. The van der Waals surface area contributed by atoms with Crippen LogP contribution in [0.2, 0.25) is 0 Å². The van der Waals surface area contributed by atoms with Gasteiger partial charge < -0.3 is 5.11 Å². The first-order valence-corrected chi connectivity index (χ1v) is 6.24. The summed E-state index contributed by atoms with van der Waals surface area (Å²) in [7, 11) is 0. The fourth-order valence-electron chi connectivity index (χ4n) is 1.76. The van der Waals surface area contributed by atoms with E-state index in [1.807, 2.05) is 18.2 Å². The average molecular weight is 255 g/mol. The van der Waals surface area contributed by atoms with Gasteiger partial charge in [-0.1, -0.05) is 30.3 Å². The number of aromatic nitrogens is 1. The summed E-state index contributed by atoms with van der Waals surface area (Å²) >= 11 is 1.52. The van der Waals surface area contributed by atoms with E-state index in [0.717, 1.165) is 21.6 Å². The molecular formula is C14H9NO2S. The van der Waals surface area contributed by atoms with Crippen molar-refractivity contribution in [1.82, 2.24) is 4.98 Å². The van der Waals surface area contributed by atoms with Gasteiger partial charge in [0.1, 0.15) is 22.6 Å². The molecule has 1 heterocycles. The van der Waals surface area contributed by atoms with Gasteiger partial charge >= 0.3 is 0 Å². The Kier molecular flexibility index (Phi) is 2.57. The zero-order valence-electron chi connectivity index (χ0n) is 9.33. The first-order chi connectivity index (χ1) is 8.78. The molecule has 1 aromatic heterocycles. The van der Waals surface area contributed by atoms with Gasteiger partial charge in [0, 0.05) is 11.1 Å². The molecule has 2 aromatic carbocycles. The molecule has 0 unspecified atom stereocenters. The Balaban J connectivity index is 2.13. The number of hydrogen-bond acceptors (Lipinski definition) is 4. The summed E-state index contributed by atoms with van der Waals surface area (Å²) < 4.78 is 0.949. The second-order valence-corrected chi connectivity index (χ2v) is 4.91. The molecule has 0 aliphatic rings. The molecule has 1 N–H and O–H groups in total. The van der Waals surface area contributed by atoms with Gasteiger partial charge in [-0.25, -0.2) is 4.98 Å². The van der Waals surface area contributed by atoms with Crippen LogP contribution in [0.3, 0.4) is 0 Å². The average Bonchev–Trinajstić information content (AvgIpc) is 2.84. The number of rotatable bonds is 2. The Morgan fingerprint density at radius 3 is 2.56 bits per heavy atom. The summed E-state index contributed by atoms with van der Waals surface area (Å²) in [5, 5.41) is 10.5. The highest BCUT2D eigenvalue weighted by Crippen LogP contribution is 2.33. The van der Waals surface area contributed by atoms with Gasteiger partial charge in [0.15, 0.2) is 0 Å². The maximum Gasteiger partial charge on any atom is 0.150 e. The molecule has 0 fully saturated rings. The number of hydrogen-bond donors (Lipinski definition) is 1. The van der Waals surface area contributed by atoms with Gasteiger partial charge in [-0.2, -0.15) is 0 Å². The molecule has 0 radical (unpaired) electrons. The molecule has 18 heavy (non-hydrogen) atoms. The molecule has 0 saturated carbocycles. The van der Waals surface area contributed by atoms with Gasteiger partial charge in [0.25, 0.3) is 0 Å². The number of fused-ring (bicyclic) bond motifs is 1. The van der Waals surface area contributed by atoms with Crippen LogP contribution in [-0.4, -0.2) is 16.4 Å². The highest BCUT2D eigenvalue weighted by molar-refractivity contribution is 7.21. The minimum absolute atomic E-state index is 0.194. The zero-order valence-corrected chi connectivity index (χ0v) is 10.1. The highest BCUT2D eigenvalue weighted by Gasteiger charge is 2.08. The monoisotopic (exact) mass is 255 g/mol. The van der Waals surface area contributed by atoms with Crippen LogP contribution in [0.25, 0.3) is 20.8 Å². The van der Waals surface area contributed by atoms with E-state index in [1.54, 1.807) is 24.3 Å². The number of nitrogens with zero attached hydrogens (tertiary/aromatic N) is 1. The topological polar surface area (TPSA) is 50.2 Å². The molecule has 3 nitrogen and oxygen atoms in total. The largest absolute Gasteiger partial charge is 0.506 e. The van der Waals surface area contributed by atoms with Crippen molar-refractivity contribution in [3.63, 3.8) is 0 Å². The molecule has 0 saturated heterocycles. The van der Waals surface area contributed by atoms with Crippen LogP contribution < -0.4 is 0 Å². The van der Waals surface area contributed by atoms with E-state index >= 15 is 0 Å². The summed E-state index contributed by atoms with van der Waals surface area (Å²) in [6, 6.07) is 12.6. The van der Waals surface area contributed by atoms with Gasteiger partial charge in [0.05, 0.1) is 4.70 Å². The van der Waals surface area contributed by atoms with Crippen molar-refractivity contribution in [3.05, 3.63) is 48.0 Å². The molecule has 3 aromatic rings. The summed E-state index contributed by atoms with van der Waals surface area (Å²) in [5.74, 6) is 0.194. The highest BCUT2D eigenvalue weighted by atomic mass is 32.1. The second kappa shape index (κ2) is 4.23. The number of phenols is 1. The van der Waals surface area contributed by atoms with Crippen LogP contribution in [-0.2, 0) is 0 Å². The number of thiazole rings is 1. The van der Waals surface area contributed by atoms with Crippen LogP contribution >= 0.6 is 11.3 Å². The quantitative estimate of drug-likeness (QED) is 0.713. The van der Waals surface area contributed by atoms with E-state index in [1.165, 1.54) is 11.3 Å². The SMILES string of the molecule is O=Cc1ccc(-c2nc3c(O)cccc3s2)cc1. The third-order valence-electron chi connectivity index (χ3n) is 2.69. The molecule has 0 bridgehead atoms. The van der Waals surface area contributed by atoms with Crippen LogP contribution in [0.4, 0.5) is 0 Å². The van der Waals surface area contributed by atoms with E-state index in [0.29, 0.717) is 11.1 Å². The number of carbonyl (C=O) groups excluding carboxylic acids is 1. The van der Waals surface area contributed by atoms with E-state index in [4.69, 9.17) is 0 Å². The van der Waals surface area contributed by atoms with E-state index in [-0.39, 0.29) is 5.75 Å². The molecule has 88 valence electrons. The van der Waals surface area contributed by atoms with Crippen LogP contribution in [0.1, 0.15) is 10.4 Å². The van der Waals surface area contributed by atoms with E-state index in [2.05, 4.69) is 4.98 Å². The summed E-state index contributed by atoms with van der Waals surface area (Å²) in [5.41, 5.74) is 2.21. The standard InChI is InChI=1S/C14H9NO2S/c16-8-9-4-6-10(7-5-9)14-15-13-11(17)2-1-3-12(13)18-14/h1-8,17H. The fraction of sp³-hybridized carbons (Fsp3) is 0. The van der Waals surface area contributed by atoms with Crippen molar-refractivity contribution in [3.8, 4) is 16.3 Å². The Morgan fingerprint density at radius 1 is 1.11 bits per heavy atom. The van der Waals surface area contributed by atoms with Crippen LogP contribution in [0.5, 0.6) is 5.75 Å². The van der Waals surface area contributed by atoms with Gasteiger partial charge in [-0.15, -0.1) is 11.3 Å². The number of carbonyl (C=O) groups is 1. The molecule has 0 atom stereocenters. The molecular weight excluding hydrogens is 246 g/mol. The molecule has 3 rings (SSSR count). The summed E-state index contributed by atoms with van der Waals surface area (Å²) in [6.07, 6.45) is 0.813. The normalized spacial score (nSPS) is 10.7. The summed E-state index contributed by atoms with van der Waals surface area (Å²) in [6.45, 7) is 0. The zero-order chi connectivity index (χ0) is 12.5. The first kappa shape index (κ1) is 10.9. The van der Waals surface area contributed by atoms with Crippen molar-refractivity contribution in [2.75, 3.05) is 0 Å². The lowest BCUT2D eigenvalue weighted by Gasteiger charge is -1.95. The van der Waals surface area contributed by atoms with Crippen LogP contribution in [0, 0.1) is 0 Å². The minimum Gasteiger partial charge on any atom is -0.506 e. The Labute approximate surface area is 107 Å². The van der Waals surface area contributed by atoms with E-state index < -0.39 is 0 Å². The first-order valence-electron chi connectivity index (χ1n) is 5.42. The Bertz CT molecular complexity index is 716. The smallest absolute Gasteiger partial charge is 0.150 e. The van der Waals surface area contributed by atoms with Crippen molar-refractivity contribution in [1.29, 1.82) is 0 Å².